The summed E-state index contributed by atoms with van der Waals surface area (Å²) < 4.78 is 4.68. The van der Waals surface area contributed by atoms with Crippen molar-refractivity contribution < 1.29 is 0 Å². The molecule has 0 aromatic carbocycles. The maximum atomic E-state index is 5.29. The lowest BCUT2D eigenvalue weighted by atomic mass is 10.3. The van der Waals surface area contributed by atoms with Gasteiger partial charge in [-0.1, -0.05) is 11.4 Å². The van der Waals surface area contributed by atoms with E-state index in [1.165, 1.54) is 0 Å². The first-order chi connectivity index (χ1) is 3.31. The topological polar surface area (TPSA) is 26.0 Å². The van der Waals surface area contributed by atoms with Gasteiger partial charge < -0.3 is 5.73 Å². The Morgan fingerprint density at radius 3 is 2.57 bits per heavy atom. The first-order valence-corrected chi connectivity index (χ1v) is 5.15. The van der Waals surface area contributed by atoms with E-state index in [4.69, 9.17) is 5.73 Å². The molecule has 0 aromatic rings. The van der Waals surface area contributed by atoms with Crippen LogP contribution in [0.4, 0.5) is 0 Å². The summed E-state index contributed by atoms with van der Waals surface area (Å²) in [6.07, 6.45) is 1.16. The highest BCUT2D eigenvalue weighted by Crippen LogP contribution is 2.07. The van der Waals surface area contributed by atoms with E-state index in [0.29, 0.717) is 0 Å². The molecule has 0 bridgehead atoms. The van der Waals surface area contributed by atoms with Crippen LogP contribution < -0.4 is 5.73 Å². The lowest BCUT2D eigenvalue weighted by molar-refractivity contribution is 0.845. The molecule has 0 rings (SSSR count). The van der Waals surface area contributed by atoms with Gasteiger partial charge in [0.05, 0.1) is 0 Å². The number of hydrogen-bond acceptors (Lipinski definition) is 1. The highest BCUT2D eigenvalue weighted by molar-refractivity contribution is 14.2. The molecule has 1 unspecified atom stereocenters. The molecule has 44 valence electrons. The van der Waals surface area contributed by atoms with Crippen molar-refractivity contribution in [3.05, 3.63) is 0 Å². The standard InChI is InChI=1S/C5H12IN/c1-5(6-2)3-4-7/h5H,2-4,7H2,1H3. The molecule has 1 atom stereocenters. The average Bonchev–Trinajstić information content (AvgIpc) is 1.68. The molecule has 0 spiro atoms. The van der Waals surface area contributed by atoms with Crippen LogP contribution in [0.3, 0.4) is 0 Å². The van der Waals surface area contributed by atoms with Gasteiger partial charge in [-0.25, -0.2) is 0 Å². The van der Waals surface area contributed by atoms with E-state index in [-0.39, 0.29) is 20.7 Å². The summed E-state index contributed by atoms with van der Waals surface area (Å²) in [4.78, 5) is 0. The Bertz CT molecular complexity index is 54.0. The normalized spacial score (nSPS) is 14.0. The minimum atomic E-state index is 0.208. The molecule has 0 aromatic heterocycles. The number of nitrogens with two attached hydrogens (primary N) is 1. The van der Waals surface area contributed by atoms with E-state index in [1.807, 2.05) is 0 Å². The van der Waals surface area contributed by atoms with Gasteiger partial charge in [0.1, 0.15) is 0 Å². The molecule has 2 heteroatoms. The van der Waals surface area contributed by atoms with Crippen molar-refractivity contribution in [2.45, 2.75) is 17.3 Å². The Kier molecular flexibility index (Phi) is 5.09. The first-order valence-electron chi connectivity index (χ1n) is 2.38. The predicted molar refractivity (Wildman–Crippen MR) is 44.3 cm³/mol. The fraction of sp³-hybridized carbons (Fsp3) is 0.800. The molecule has 0 fully saturated rings. The highest BCUT2D eigenvalue weighted by Gasteiger charge is 1.90. The van der Waals surface area contributed by atoms with Gasteiger partial charge in [0.2, 0.25) is 0 Å². The zero-order valence-corrected chi connectivity index (χ0v) is 6.81. The maximum Gasteiger partial charge on any atom is 0.00405 e. The second-order valence-electron chi connectivity index (χ2n) is 1.51. The minimum Gasteiger partial charge on any atom is -0.330 e. The molecule has 0 heterocycles. The maximum absolute atomic E-state index is 5.29. The van der Waals surface area contributed by atoms with Crippen LogP contribution >= 0.6 is 20.7 Å². The van der Waals surface area contributed by atoms with Gasteiger partial charge in [0.15, 0.2) is 0 Å². The van der Waals surface area contributed by atoms with Crippen LogP contribution in [0.15, 0.2) is 0 Å². The molecule has 0 saturated carbocycles. The van der Waals surface area contributed by atoms with Crippen molar-refractivity contribution in [1.29, 1.82) is 0 Å². The molecule has 0 aliphatic heterocycles. The van der Waals surface area contributed by atoms with Crippen LogP contribution in [0, 0.1) is 0 Å². The highest BCUT2D eigenvalue weighted by atomic mass is 127. The predicted octanol–water partition coefficient (Wildman–Crippen LogP) is 1.13. The average molecular weight is 213 g/mol. The van der Waals surface area contributed by atoms with Gasteiger partial charge in [-0.05, 0) is 13.0 Å². The Labute approximate surface area is 55.0 Å². The van der Waals surface area contributed by atoms with Crippen LogP contribution in [0.2, 0.25) is 0 Å². The molecular formula is C5H12IN. The summed E-state index contributed by atoms with van der Waals surface area (Å²) in [5.41, 5.74) is 5.29. The Hall–Kier alpha value is 0.560. The van der Waals surface area contributed by atoms with Gasteiger partial charge >= 0.3 is 0 Å². The number of rotatable bonds is 3. The van der Waals surface area contributed by atoms with Gasteiger partial charge in [0.25, 0.3) is 0 Å². The summed E-state index contributed by atoms with van der Waals surface area (Å²) in [5.74, 6) is 0. The van der Waals surface area contributed by atoms with Gasteiger partial charge in [-0.15, -0.1) is 20.7 Å². The molecule has 0 amide bonds. The molecule has 0 radical (unpaired) electrons. The van der Waals surface area contributed by atoms with Crippen molar-refractivity contribution in [3.8, 4) is 0 Å². The monoisotopic (exact) mass is 213 g/mol. The fourth-order valence-electron chi connectivity index (χ4n) is 0.307. The largest absolute Gasteiger partial charge is 0.330 e. The molecule has 1 nitrogen and oxygen atoms in total. The van der Waals surface area contributed by atoms with Crippen molar-refractivity contribution >= 4 is 25.2 Å². The second-order valence-corrected chi connectivity index (χ2v) is 4.52. The number of alkyl halides is 1. The van der Waals surface area contributed by atoms with Crippen LogP contribution in [0.25, 0.3) is 0 Å². The molecule has 7 heavy (non-hydrogen) atoms. The first kappa shape index (κ1) is 7.56. The van der Waals surface area contributed by atoms with Crippen molar-refractivity contribution in [1.82, 2.24) is 0 Å². The molecule has 2 N–H and O–H groups in total. The number of halogens is 1. The summed E-state index contributed by atoms with van der Waals surface area (Å²) in [5, 5.41) is 0. The smallest absolute Gasteiger partial charge is 0.00405 e. The Morgan fingerprint density at radius 1 is 1.86 bits per heavy atom. The van der Waals surface area contributed by atoms with Crippen LogP contribution in [0.5, 0.6) is 0 Å². The quantitative estimate of drug-likeness (QED) is 0.551. The van der Waals surface area contributed by atoms with Crippen molar-refractivity contribution in [3.63, 3.8) is 0 Å². The van der Waals surface area contributed by atoms with Crippen LogP contribution in [-0.4, -0.2) is 15.0 Å². The molecule has 0 aliphatic rings. The van der Waals surface area contributed by atoms with Crippen molar-refractivity contribution in [2.75, 3.05) is 6.54 Å². The van der Waals surface area contributed by atoms with Gasteiger partial charge in [-0.2, -0.15) is 0 Å². The van der Waals surface area contributed by atoms with Crippen LogP contribution in [0.1, 0.15) is 13.3 Å². The zero-order chi connectivity index (χ0) is 5.70. The lowest BCUT2D eigenvalue weighted by Gasteiger charge is -1.97. The molecule has 0 aliphatic carbocycles. The summed E-state index contributed by atoms with van der Waals surface area (Å²) in [7, 11) is 0. The third-order valence-electron chi connectivity index (χ3n) is 0.828. The van der Waals surface area contributed by atoms with Crippen LogP contribution in [-0.2, 0) is 0 Å². The van der Waals surface area contributed by atoms with E-state index >= 15 is 0 Å². The Morgan fingerprint density at radius 2 is 2.43 bits per heavy atom. The molecular weight excluding hydrogens is 201 g/mol. The van der Waals surface area contributed by atoms with E-state index in [9.17, 15) is 0 Å². The SMILES string of the molecule is C=IC(C)CCN. The van der Waals surface area contributed by atoms with E-state index < -0.39 is 0 Å². The van der Waals surface area contributed by atoms with Gasteiger partial charge in [-0.3, -0.25) is 0 Å². The van der Waals surface area contributed by atoms with Gasteiger partial charge in [0, 0.05) is 3.92 Å². The third kappa shape index (κ3) is 4.41. The summed E-state index contributed by atoms with van der Waals surface area (Å²) in [6.45, 7) is 3.05. The zero-order valence-electron chi connectivity index (χ0n) is 4.65. The van der Waals surface area contributed by atoms with Crippen molar-refractivity contribution in [2.24, 2.45) is 5.73 Å². The fourth-order valence-corrected chi connectivity index (χ4v) is 1.11. The van der Waals surface area contributed by atoms with E-state index in [0.717, 1.165) is 16.9 Å². The lowest BCUT2D eigenvalue weighted by Crippen LogP contribution is -2.04. The van der Waals surface area contributed by atoms with E-state index in [1.54, 1.807) is 0 Å². The summed E-state index contributed by atoms with van der Waals surface area (Å²) in [6, 6.07) is 0. The number of hydrogen-bond donors (Lipinski definition) is 1. The third-order valence-corrected chi connectivity index (χ3v) is 2.95. The summed E-state index contributed by atoms with van der Waals surface area (Å²) >= 11 is 0.208. The minimum absolute atomic E-state index is 0.208. The second kappa shape index (κ2) is 4.71. The van der Waals surface area contributed by atoms with E-state index in [2.05, 4.69) is 11.4 Å². The molecule has 0 saturated heterocycles. The Balaban J connectivity index is 2.98.